The first-order valence-corrected chi connectivity index (χ1v) is 7.61. The zero-order valence-electron chi connectivity index (χ0n) is 12.9. The lowest BCUT2D eigenvalue weighted by Gasteiger charge is -2.20. The highest BCUT2D eigenvalue weighted by Gasteiger charge is 2.34. The number of nitrogens with zero attached hydrogens (tertiary/aromatic N) is 3. The number of aliphatic hydroxyl groups excluding tert-OH is 1. The van der Waals surface area contributed by atoms with Crippen LogP contribution < -0.4 is 0 Å². The molecule has 1 aliphatic rings. The van der Waals surface area contributed by atoms with E-state index in [9.17, 15) is 17.6 Å². The lowest BCUT2D eigenvalue weighted by atomic mass is 10.1. The van der Waals surface area contributed by atoms with Gasteiger partial charge in [-0.05, 0) is 30.2 Å². The molecule has 0 fully saturated rings. The monoisotopic (exact) mass is 343 g/mol. The Balaban J connectivity index is 1.75. The molecule has 0 aliphatic carbocycles. The molecule has 8 heteroatoms. The largest absolute Gasteiger partial charge is 0.419 e. The highest BCUT2D eigenvalue weighted by atomic mass is 19.4. The maximum atomic E-state index is 13.7. The lowest BCUT2D eigenvalue weighted by Crippen LogP contribution is -2.23. The second kappa shape index (κ2) is 6.52. The van der Waals surface area contributed by atoms with Gasteiger partial charge in [0.25, 0.3) is 0 Å². The van der Waals surface area contributed by atoms with Crippen molar-refractivity contribution in [3.05, 3.63) is 52.6 Å². The van der Waals surface area contributed by atoms with Crippen LogP contribution in [0.1, 0.15) is 28.9 Å². The Kier molecular flexibility index (Phi) is 4.60. The summed E-state index contributed by atoms with van der Waals surface area (Å²) in [7, 11) is 0. The molecule has 2 heterocycles. The molecular formula is C16H17F4N3O. The SMILES string of the molecule is OCc1cc2n(n1)CCCN(Cc1ccc(C(F)(F)F)c(F)c1)C2. The Morgan fingerprint density at radius 2 is 1.96 bits per heavy atom. The van der Waals surface area contributed by atoms with Crippen LogP contribution in [0.3, 0.4) is 0 Å². The predicted octanol–water partition coefficient (Wildman–Crippen LogP) is 2.94. The van der Waals surface area contributed by atoms with Crippen molar-refractivity contribution < 1.29 is 22.7 Å². The molecule has 1 aliphatic heterocycles. The molecular weight excluding hydrogens is 326 g/mol. The number of hydrogen-bond acceptors (Lipinski definition) is 3. The third-order valence-electron chi connectivity index (χ3n) is 4.05. The molecule has 1 N–H and O–H groups in total. The van der Waals surface area contributed by atoms with Crippen molar-refractivity contribution in [3.63, 3.8) is 0 Å². The number of rotatable bonds is 3. The van der Waals surface area contributed by atoms with Gasteiger partial charge in [0.1, 0.15) is 5.82 Å². The van der Waals surface area contributed by atoms with Gasteiger partial charge in [-0.2, -0.15) is 18.3 Å². The van der Waals surface area contributed by atoms with Crippen LogP contribution in [0.5, 0.6) is 0 Å². The number of benzene rings is 1. The van der Waals surface area contributed by atoms with Crippen LogP contribution in [0, 0.1) is 5.82 Å². The van der Waals surface area contributed by atoms with Gasteiger partial charge in [-0.15, -0.1) is 0 Å². The summed E-state index contributed by atoms with van der Waals surface area (Å²) in [6.45, 7) is 2.22. The molecule has 0 radical (unpaired) electrons. The molecule has 0 bridgehead atoms. The molecule has 0 saturated heterocycles. The first kappa shape index (κ1) is 16.9. The number of alkyl halides is 3. The van der Waals surface area contributed by atoms with Crippen LogP contribution in [-0.4, -0.2) is 26.3 Å². The summed E-state index contributed by atoms with van der Waals surface area (Å²) < 4.78 is 53.4. The van der Waals surface area contributed by atoms with Crippen LogP contribution in [-0.2, 0) is 32.4 Å². The van der Waals surface area contributed by atoms with E-state index in [1.165, 1.54) is 6.07 Å². The van der Waals surface area contributed by atoms with Crippen molar-refractivity contribution >= 4 is 0 Å². The summed E-state index contributed by atoms with van der Waals surface area (Å²) in [6, 6.07) is 4.86. The molecule has 24 heavy (non-hydrogen) atoms. The number of aryl methyl sites for hydroxylation is 1. The van der Waals surface area contributed by atoms with E-state index in [1.807, 2.05) is 15.6 Å². The maximum Gasteiger partial charge on any atom is 0.419 e. The van der Waals surface area contributed by atoms with E-state index in [1.54, 1.807) is 0 Å². The Labute approximate surface area is 136 Å². The minimum atomic E-state index is -4.68. The average Bonchev–Trinajstić information content (AvgIpc) is 2.79. The molecule has 3 rings (SSSR count). The number of aromatic nitrogens is 2. The molecule has 1 aromatic carbocycles. The summed E-state index contributed by atoms with van der Waals surface area (Å²) >= 11 is 0. The fourth-order valence-electron chi connectivity index (χ4n) is 2.95. The summed E-state index contributed by atoms with van der Waals surface area (Å²) in [6.07, 6.45) is -3.86. The zero-order valence-corrected chi connectivity index (χ0v) is 12.9. The fourth-order valence-corrected chi connectivity index (χ4v) is 2.95. The Morgan fingerprint density at radius 3 is 2.62 bits per heavy atom. The molecule has 130 valence electrons. The number of aliphatic hydroxyl groups is 1. The van der Waals surface area contributed by atoms with Crippen molar-refractivity contribution in [2.45, 2.75) is 38.8 Å². The van der Waals surface area contributed by atoms with Gasteiger partial charge < -0.3 is 5.11 Å². The third-order valence-corrected chi connectivity index (χ3v) is 4.05. The highest BCUT2D eigenvalue weighted by molar-refractivity contribution is 5.26. The average molecular weight is 343 g/mol. The second-order valence-electron chi connectivity index (χ2n) is 5.88. The number of hydrogen-bond donors (Lipinski definition) is 1. The Hall–Kier alpha value is -1.93. The zero-order chi connectivity index (χ0) is 17.3. The summed E-state index contributed by atoms with van der Waals surface area (Å²) in [4.78, 5) is 2.03. The third kappa shape index (κ3) is 3.59. The van der Waals surface area contributed by atoms with Gasteiger partial charge in [0.2, 0.25) is 0 Å². The van der Waals surface area contributed by atoms with Gasteiger partial charge >= 0.3 is 6.18 Å². The van der Waals surface area contributed by atoms with Crippen LogP contribution in [0.15, 0.2) is 24.3 Å². The van der Waals surface area contributed by atoms with E-state index < -0.39 is 17.6 Å². The molecule has 0 unspecified atom stereocenters. The first-order valence-electron chi connectivity index (χ1n) is 7.61. The normalized spacial score (nSPS) is 16.0. The standard InChI is InChI=1S/C16H17F4N3O/c17-15-6-11(2-3-14(15)16(18,19)20)8-22-4-1-5-23-13(9-22)7-12(10-24)21-23/h2-3,6-7,24H,1,4-5,8-10H2. The lowest BCUT2D eigenvalue weighted by molar-refractivity contribution is -0.140. The molecule has 4 nitrogen and oxygen atoms in total. The maximum absolute atomic E-state index is 13.7. The van der Waals surface area contributed by atoms with E-state index >= 15 is 0 Å². The summed E-state index contributed by atoms with van der Waals surface area (Å²) in [5.41, 5.74) is 0.778. The van der Waals surface area contributed by atoms with Gasteiger partial charge in [0.15, 0.2) is 0 Å². The Bertz CT molecular complexity index is 727. The van der Waals surface area contributed by atoms with E-state index in [0.29, 0.717) is 30.9 Å². The summed E-state index contributed by atoms with van der Waals surface area (Å²) in [5.74, 6) is -1.25. The van der Waals surface area contributed by atoms with Crippen LogP contribution in [0.4, 0.5) is 17.6 Å². The molecule has 0 spiro atoms. The van der Waals surface area contributed by atoms with E-state index in [4.69, 9.17) is 5.11 Å². The topological polar surface area (TPSA) is 41.3 Å². The van der Waals surface area contributed by atoms with Crippen LogP contribution >= 0.6 is 0 Å². The van der Waals surface area contributed by atoms with E-state index in [-0.39, 0.29) is 6.61 Å². The minimum absolute atomic E-state index is 0.135. The van der Waals surface area contributed by atoms with Crippen molar-refractivity contribution in [1.82, 2.24) is 14.7 Å². The minimum Gasteiger partial charge on any atom is -0.390 e. The first-order chi connectivity index (χ1) is 11.4. The van der Waals surface area contributed by atoms with Crippen molar-refractivity contribution in [3.8, 4) is 0 Å². The molecule has 0 amide bonds. The molecule has 2 aromatic rings. The summed E-state index contributed by atoms with van der Waals surface area (Å²) in [5, 5.41) is 13.4. The quantitative estimate of drug-likeness (QED) is 0.872. The molecule has 1 aromatic heterocycles. The van der Waals surface area contributed by atoms with Gasteiger partial charge in [-0.3, -0.25) is 9.58 Å². The predicted molar refractivity (Wildman–Crippen MR) is 78.3 cm³/mol. The van der Waals surface area contributed by atoms with E-state index in [2.05, 4.69) is 5.10 Å². The number of fused-ring (bicyclic) bond motifs is 1. The Morgan fingerprint density at radius 1 is 1.17 bits per heavy atom. The van der Waals surface area contributed by atoms with Crippen LogP contribution in [0.2, 0.25) is 0 Å². The fraction of sp³-hybridized carbons (Fsp3) is 0.438. The molecule has 0 atom stereocenters. The molecule has 0 saturated carbocycles. The van der Waals surface area contributed by atoms with E-state index in [0.717, 1.165) is 30.8 Å². The highest BCUT2D eigenvalue weighted by Crippen LogP contribution is 2.31. The van der Waals surface area contributed by atoms with Crippen LogP contribution in [0.25, 0.3) is 0 Å². The van der Waals surface area contributed by atoms with Crippen molar-refractivity contribution in [2.75, 3.05) is 6.54 Å². The smallest absolute Gasteiger partial charge is 0.390 e. The van der Waals surface area contributed by atoms with Gasteiger partial charge in [-0.25, -0.2) is 4.39 Å². The van der Waals surface area contributed by atoms with Gasteiger partial charge in [0, 0.05) is 26.2 Å². The van der Waals surface area contributed by atoms with Crippen molar-refractivity contribution in [2.24, 2.45) is 0 Å². The second-order valence-corrected chi connectivity index (χ2v) is 5.88. The van der Waals surface area contributed by atoms with Gasteiger partial charge in [-0.1, -0.05) is 6.07 Å². The van der Waals surface area contributed by atoms with Gasteiger partial charge in [0.05, 0.1) is 23.6 Å². The van der Waals surface area contributed by atoms with Crippen molar-refractivity contribution in [1.29, 1.82) is 0 Å². The number of halogens is 4.